The van der Waals surface area contributed by atoms with Crippen LogP contribution in [0.2, 0.25) is 0 Å². The molecule has 0 radical (unpaired) electrons. The Morgan fingerprint density at radius 3 is 1.78 bits per heavy atom. The number of carbonyl (C=O) groups excluding carboxylic acids is 14. The Morgan fingerprint density at radius 1 is 0.612 bits per heavy atom. The minimum atomic E-state index is -1.95. The van der Waals surface area contributed by atoms with Crippen LogP contribution in [0.4, 0.5) is 0 Å². The molecule has 0 aliphatic carbocycles. The first-order chi connectivity index (χ1) is 55.1. The summed E-state index contributed by atoms with van der Waals surface area (Å²) in [4.78, 5) is 212. The van der Waals surface area contributed by atoms with Crippen molar-refractivity contribution in [1.82, 2.24) is 98.4 Å². The van der Waals surface area contributed by atoms with Crippen molar-refractivity contribution < 1.29 is 82.1 Å². The number of aromatic nitrogens is 7. The normalized spacial score (nSPS) is 16.6. The Morgan fingerprint density at radius 2 is 1.16 bits per heavy atom. The molecule has 42 nitrogen and oxygen atoms in total. The van der Waals surface area contributed by atoms with Gasteiger partial charge in [0.05, 0.1) is 49.8 Å². The summed E-state index contributed by atoms with van der Waals surface area (Å²) in [5.41, 5.74) is 30.9. The number of carboxylic acids is 1. The van der Waals surface area contributed by atoms with Crippen molar-refractivity contribution in [3.8, 4) is 0 Å². The number of carboxylic acid groups (broad SMARTS) is 1. The summed E-state index contributed by atoms with van der Waals surface area (Å²) in [6.07, 6.45) is 4.10. The van der Waals surface area contributed by atoms with E-state index in [1.54, 1.807) is 106 Å². The molecule has 15 atom stereocenters. The number of nitrogens with one attached hydrogen (secondary N) is 13. The highest BCUT2D eigenvalue weighted by atomic mass is 32.2. The van der Waals surface area contributed by atoms with Gasteiger partial charge in [-0.15, -0.1) is 10.2 Å². The van der Waals surface area contributed by atoms with Crippen molar-refractivity contribution in [3.63, 3.8) is 0 Å². The van der Waals surface area contributed by atoms with Crippen LogP contribution in [0.5, 0.6) is 0 Å². The largest absolute Gasteiger partial charge is 0.481 e. The molecule has 1 aliphatic rings. The maximum atomic E-state index is 15.7. The Bertz CT molecular complexity index is 4310. The highest BCUT2D eigenvalue weighted by molar-refractivity contribution is 7.98. The third-order valence-corrected chi connectivity index (χ3v) is 20.9. The van der Waals surface area contributed by atoms with E-state index in [1.807, 2.05) is 0 Å². The van der Waals surface area contributed by atoms with Crippen LogP contribution in [0.1, 0.15) is 123 Å². The van der Waals surface area contributed by atoms with Crippen molar-refractivity contribution in [3.05, 3.63) is 72.2 Å². The fourth-order valence-electron chi connectivity index (χ4n) is 12.6. The molecule has 3 aromatic heterocycles. The molecule has 2 aromatic carbocycles. The maximum absolute atomic E-state index is 15.7. The number of nitrogens with two attached hydrogens (primary N) is 5. The molecule has 1 saturated heterocycles. The zero-order chi connectivity index (χ0) is 85.6. The molecule has 0 bridgehead atoms. The second-order valence-corrected chi connectivity index (χ2v) is 30.3. The molecule has 25 N–H and O–H groups in total. The first-order valence-electron chi connectivity index (χ1n) is 37.7. The SMILES string of the molecule is CC[C@H](C)[C@H](NC(=O)[C@@H](N)CCCNC(=N)N)C(=O)N[C@@H](CC(N)=O)C(=O)N[C@@H](CC(N)=O)C(=O)N[C@H](C(=O)N1C[C@@H](n2cc(Cn3nnc4ccccc43)nn2)C[C@H]1C(=O)N[C@@H](Cc1c[nH]c2ccccc12)C(=O)N[C@@H](CO)C(=O)N[C@@H](CCC(=O)O)C(=O)N[C@@H](C)C(=O)N[C@@H](CCSC)C(=O)N[C@@H](CCSC)C(N)=O)[C@@H](C)CC. The molecule has 44 heteroatoms. The van der Waals surface area contributed by atoms with Crippen LogP contribution in [0, 0.1) is 17.2 Å². The number of aliphatic hydroxyl groups excluding tert-OH is 1. The molecular weight excluding hydrogens is 1550 g/mol. The van der Waals surface area contributed by atoms with Gasteiger partial charge in [0.15, 0.2) is 5.96 Å². The summed E-state index contributed by atoms with van der Waals surface area (Å²) < 4.78 is 2.99. The highest BCUT2D eigenvalue weighted by Gasteiger charge is 2.46. The van der Waals surface area contributed by atoms with Gasteiger partial charge in [0, 0.05) is 49.5 Å². The van der Waals surface area contributed by atoms with Crippen molar-refractivity contribution in [2.24, 2.45) is 40.5 Å². The Balaban J connectivity index is 1.30. The van der Waals surface area contributed by atoms with Crippen LogP contribution in [-0.4, -0.2) is 261 Å². The average molecular weight is 1660 g/mol. The number of aliphatic carboxylic acids is 1. The third-order valence-electron chi connectivity index (χ3n) is 19.6. The lowest BCUT2D eigenvalue weighted by Gasteiger charge is -2.33. The van der Waals surface area contributed by atoms with Crippen molar-refractivity contribution in [1.29, 1.82) is 5.41 Å². The van der Waals surface area contributed by atoms with Crippen LogP contribution in [-0.2, 0) is 84.9 Å². The zero-order valence-electron chi connectivity index (χ0n) is 65.5. The van der Waals surface area contributed by atoms with Crippen LogP contribution in [0.15, 0.2) is 60.9 Å². The van der Waals surface area contributed by atoms with E-state index < -0.39 is 211 Å². The lowest BCUT2D eigenvalue weighted by atomic mass is 9.96. The number of carbonyl (C=O) groups is 15. The first kappa shape index (κ1) is 93.3. The maximum Gasteiger partial charge on any atom is 0.303 e. The van der Waals surface area contributed by atoms with Gasteiger partial charge in [-0.3, -0.25) is 77.3 Å². The Kier molecular flexibility index (Phi) is 36.6. The molecule has 4 heterocycles. The lowest BCUT2D eigenvalue weighted by molar-refractivity contribution is -0.144. The molecule has 1 fully saturated rings. The van der Waals surface area contributed by atoms with E-state index in [0.717, 1.165) is 4.90 Å². The van der Waals surface area contributed by atoms with Gasteiger partial charge in [-0.1, -0.05) is 81.3 Å². The van der Waals surface area contributed by atoms with Gasteiger partial charge in [-0.25, -0.2) is 9.36 Å². The van der Waals surface area contributed by atoms with Crippen LogP contribution in [0.3, 0.4) is 0 Å². The van der Waals surface area contributed by atoms with E-state index in [4.69, 9.17) is 34.1 Å². The lowest BCUT2D eigenvalue weighted by Crippen LogP contribution is -2.62. The number of guanidine groups is 1. The number of fused-ring (bicyclic) bond motifs is 2. The number of nitrogens with zero attached hydrogens (tertiary/aromatic N) is 7. The van der Waals surface area contributed by atoms with E-state index in [0.29, 0.717) is 57.5 Å². The fraction of sp³-hybridized carbons (Fsp3) is 0.556. The number of aromatic amines is 1. The van der Waals surface area contributed by atoms with E-state index in [-0.39, 0.29) is 64.1 Å². The first-order valence-corrected chi connectivity index (χ1v) is 40.5. The second-order valence-electron chi connectivity index (χ2n) is 28.3. The van der Waals surface area contributed by atoms with Gasteiger partial charge in [-0.05, 0) is 98.6 Å². The van der Waals surface area contributed by atoms with Gasteiger partial charge < -0.3 is 107 Å². The van der Waals surface area contributed by atoms with Crippen molar-refractivity contribution >= 4 is 140 Å². The van der Waals surface area contributed by atoms with Crippen LogP contribution >= 0.6 is 23.5 Å². The topological polar surface area (TPSA) is 663 Å². The highest BCUT2D eigenvalue weighted by Crippen LogP contribution is 2.31. The molecule has 0 unspecified atom stereocenters. The van der Waals surface area contributed by atoms with Crippen LogP contribution in [0.25, 0.3) is 21.9 Å². The summed E-state index contributed by atoms with van der Waals surface area (Å²) in [5.74, 6) is -16.5. The number of amides is 14. The molecule has 14 amide bonds. The predicted molar refractivity (Wildman–Crippen MR) is 426 cm³/mol. The zero-order valence-corrected chi connectivity index (χ0v) is 67.1. The molecule has 1 aliphatic heterocycles. The molecule has 6 rings (SSSR count). The molecular formula is C72H107N25O17S2. The number of para-hydroxylation sites is 2. The molecule has 0 saturated carbocycles. The summed E-state index contributed by atoms with van der Waals surface area (Å²) in [6, 6.07) is -5.47. The summed E-state index contributed by atoms with van der Waals surface area (Å²) in [6.45, 7) is 6.62. The van der Waals surface area contributed by atoms with E-state index >= 15 is 14.4 Å². The number of primary amides is 3. The summed E-state index contributed by atoms with van der Waals surface area (Å²) >= 11 is 2.77. The minimum Gasteiger partial charge on any atom is -0.481 e. The minimum absolute atomic E-state index is 0.0608. The number of likely N-dealkylation sites (tertiary alicyclic amines) is 1. The number of hydrogen-bond acceptors (Lipinski definition) is 24. The fourth-order valence-corrected chi connectivity index (χ4v) is 13.5. The van der Waals surface area contributed by atoms with Crippen molar-refractivity contribution in [2.75, 3.05) is 43.7 Å². The number of H-pyrrole nitrogens is 1. The van der Waals surface area contributed by atoms with Gasteiger partial charge >= 0.3 is 5.97 Å². The standard InChI is InChI=1S/C72H107N25O17S2/c1-8-36(3)58(89-62(105)43(73)16-14-24-79-72(77)78)70(113)87-50(29-55(74)99)66(109)85-51(30-56(75)100)67(110)90-59(37(4)9-2)71(114)95-34-41(96-32-40(91-93-96)33-97-53-19-13-12-18-45(53)92-94-97)28-54(95)69(112)86-49(27-39-31-80-44-17-11-10-15-42(39)44)65(108)88-52(35-98)68(111)84-47(20-21-57(101)102)63(106)81-38(5)61(104)83-48(23-26-116-7)64(107)82-46(60(76)103)22-25-115-6/h10-13,15,17-19,31-32,36-38,41,43,46-52,54,58-59,80,98H,8-9,14,16,20-30,33-35,73H2,1-7H3,(H2,74,99)(H2,75,100)(H2,76,103)(H,81,106)(H,82,107)(H,83,104)(H,84,111)(H,85,109)(H,86,112)(H,87,113)(H,88,108)(H,89,105)(H,90,110)(H,101,102)(H4,77,78,79)/t36-,37-,38-,41-,43-,46-,47-,48-,49-,50-,51-,52-,54-,58-,59-/m0/s1. The molecule has 116 heavy (non-hydrogen) atoms. The Labute approximate surface area is 676 Å². The monoisotopic (exact) mass is 1660 g/mol. The number of aliphatic hydroxyl groups is 1. The quantitative estimate of drug-likeness (QED) is 0.00986. The summed E-state index contributed by atoms with van der Waals surface area (Å²) in [7, 11) is 0. The van der Waals surface area contributed by atoms with Gasteiger partial charge in [0.25, 0.3) is 0 Å². The van der Waals surface area contributed by atoms with Crippen molar-refractivity contribution in [2.45, 2.75) is 197 Å². The van der Waals surface area contributed by atoms with Gasteiger partial charge in [0.1, 0.15) is 77.7 Å². The van der Waals surface area contributed by atoms with Gasteiger partial charge in [0.2, 0.25) is 82.7 Å². The number of thioether (sulfide) groups is 2. The second kappa shape index (κ2) is 45.5. The van der Waals surface area contributed by atoms with Crippen LogP contribution < -0.4 is 87.2 Å². The number of benzene rings is 2. The smallest absolute Gasteiger partial charge is 0.303 e. The molecule has 634 valence electrons. The Hall–Kier alpha value is -11.5. The number of rotatable bonds is 49. The molecule has 5 aromatic rings. The van der Waals surface area contributed by atoms with E-state index in [2.05, 4.69) is 84.1 Å². The van der Waals surface area contributed by atoms with E-state index in [9.17, 15) is 67.7 Å². The number of hydrogen-bond donors (Lipinski definition) is 20. The predicted octanol–water partition coefficient (Wildman–Crippen LogP) is -4.91. The summed E-state index contributed by atoms with van der Waals surface area (Å²) in [5, 5.41) is 73.4. The molecule has 0 spiro atoms. The van der Waals surface area contributed by atoms with E-state index in [1.165, 1.54) is 35.1 Å². The van der Waals surface area contributed by atoms with Gasteiger partial charge in [-0.2, -0.15) is 23.5 Å². The third kappa shape index (κ3) is 27.6. The average Bonchev–Trinajstić information content (AvgIpc) is 1.64.